The second kappa shape index (κ2) is 12.9. The minimum Gasteiger partial charge on any atom is -0.427 e. The maximum atomic E-state index is 12.5. The summed E-state index contributed by atoms with van der Waals surface area (Å²) in [5.41, 5.74) is 2.66. The van der Waals surface area contributed by atoms with E-state index in [0.717, 1.165) is 11.1 Å². The zero-order chi connectivity index (χ0) is 25.9. The molecule has 0 aliphatic heterocycles. The van der Waals surface area contributed by atoms with Gasteiger partial charge in [0.1, 0.15) is 11.5 Å². The third kappa shape index (κ3) is 7.80. The van der Waals surface area contributed by atoms with Crippen LogP contribution < -0.4 is 20.1 Å². The molecule has 3 aromatic carbocycles. The average molecular weight is 489 g/mol. The number of carbonyl (C=O) groups excluding carboxylic acids is 4. The van der Waals surface area contributed by atoms with Gasteiger partial charge in [0.05, 0.1) is 0 Å². The van der Waals surface area contributed by atoms with Crippen molar-refractivity contribution < 1.29 is 28.7 Å². The highest BCUT2D eigenvalue weighted by Crippen LogP contribution is 2.15. The molecule has 0 spiro atoms. The molecule has 0 aromatic heterocycles. The lowest BCUT2D eigenvalue weighted by molar-refractivity contribution is -0.134. The fourth-order valence-corrected chi connectivity index (χ4v) is 3.17. The Hall–Kier alpha value is -4.46. The predicted molar refractivity (Wildman–Crippen MR) is 134 cm³/mol. The summed E-state index contributed by atoms with van der Waals surface area (Å²) in [5, 5.41) is 5.72. The van der Waals surface area contributed by atoms with Gasteiger partial charge in [0.15, 0.2) is 0 Å². The number of hydrogen-bond acceptors (Lipinski definition) is 6. The lowest BCUT2D eigenvalue weighted by Gasteiger charge is -2.10. The standard InChI is InChI=1S/C28H28N2O6/c1-3-25(31)35-23-12-8-21(9-13-23)27(33)29-17-19-6-5-7-20(16-19)18-30-28(34)22-10-14-24(15-11-22)36-26(32)4-2/h5-16H,3-4,17-18H2,1-2H3,(H,29,33)(H,30,34). The summed E-state index contributed by atoms with van der Waals surface area (Å²) in [6, 6.07) is 20.2. The van der Waals surface area contributed by atoms with Crippen LogP contribution >= 0.6 is 0 Å². The highest BCUT2D eigenvalue weighted by atomic mass is 16.5. The molecular weight excluding hydrogens is 460 g/mol. The molecule has 8 heteroatoms. The Labute approximate surface area is 209 Å². The number of nitrogens with one attached hydrogen (secondary N) is 2. The summed E-state index contributed by atoms with van der Waals surface area (Å²) < 4.78 is 10.2. The quantitative estimate of drug-likeness (QED) is 0.327. The van der Waals surface area contributed by atoms with Gasteiger partial charge in [-0.05, 0) is 59.7 Å². The van der Waals surface area contributed by atoms with E-state index in [1.165, 1.54) is 0 Å². The molecule has 8 nitrogen and oxygen atoms in total. The summed E-state index contributed by atoms with van der Waals surface area (Å²) in [5.74, 6) is -0.398. The van der Waals surface area contributed by atoms with Gasteiger partial charge in [0.2, 0.25) is 0 Å². The predicted octanol–water partition coefficient (Wildman–Crippen LogP) is 4.18. The second-order valence-corrected chi connectivity index (χ2v) is 7.89. The van der Waals surface area contributed by atoms with Crippen LogP contribution in [0.1, 0.15) is 58.5 Å². The zero-order valence-corrected chi connectivity index (χ0v) is 20.2. The molecule has 0 fully saturated rings. The Morgan fingerprint density at radius 1 is 0.611 bits per heavy atom. The molecule has 0 aliphatic carbocycles. The number of benzene rings is 3. The first-order valence-electron chi connectivity index (χ1n) is 11.6. The van der Waals surface area contributed by atoms with E-state index < -0.39 is 0 Å². The SMILES string of the molecule is CCC(=O)Oc1ccc(C(=O)NCc2cccc(CNC(=O)c3ccc(OC(=O)CC)cc3)c2)cc1. The van der Waals surface area contributed by atoms with Crippen LogP contribution in [0.2, 0.25) is 0 Å². The molecule has 36 heavy (non-hydrogen) atoms. The molecule has 2 N–H and O–H groups in total. The molecule has 3 rings (SSSR count). The van der Waals surface area contributed by atoms with Gasteiger partial charge in [-0.2, -0.15) is 0 Å². The molecule has 3 aromatic rings. The van der Waals surface area contributed by atoms with Crippen LogP contribution in [-0.2, 0) is 22.7 Å². The zero-order valence-electron chi connectivity index (χ0n) is 20.2. The molecule has 0 atom stereocenters. The Morgan fingerprint density at radius 3 is 1.36 bits per heavy atom. The van der Waals surface area contributed by atoms with E-state index in [9.17, 15) is 19.2 Å². The van der Waals surface area contributed by atoms with E-state index in [-0.39, 0.29) is 36.6 Å². The number of amides is 2. The average Bonchev–Trinajstić information content (AvgIpc) is 2.91. The molecule has 0 aliphatic rings. The number of esters is 2. The Balaban J connectivity index is 1.50. The van der Waals surface area contributed by atoms with E-state index in [1.54, 1.807) is 62.4 Å². The molecule has 186 valence electrons. The molecule has 0 unspecified atom stereocenters. The fraction of sp³-hybridized carbons (Fsp3) is 0.214. The van der Waals surface area contributed by atoms with E-state index >= 15 is 0 Å². The number of hydrogen-bond donors (Lipinski definition) is 2. The van der Waals surface area contributed by atoms with Crippen LogP contribution in [-0.4, -0.2) is 23.8 Å². The van der Waals surface area contributed by atoms with Crippen LogP contribution in [0, 0.1) is 0 Å². The van der Waals surface area contributed by atoms with Crippen molar-refractivity contribution in [1.29, 1.82) is 0 Å². The Kier molecular flexibility index (Phi) is 9.33. The topological polar surface area (TPSA) is 111 Å². The fourth-order valence-electron chi connectivity index (χ4n) is 3.17. The number of carbonyl (C=O) groups is 4. The second-order valence-electron chi connectivity index (χ2n) is 7.89. The van der Waals surface area contributed by atoms with Crippen molar-refractivity contribution in [2.75, 3.05) is 0 Å². The molecule has 2 amide bonds. The monoisotopic (exact) mass is 488 g/mol. The summed E-state index contributed by atoms with van der Waals surface area (Å²) in [6.07, 6.45) is 0.547. The van der Waals surface area contributed by atoms with E-state index in [1.807, 2.05) is 24.3 Å². The Morgan fingerprint density at radius 2 is 1.00 bits per heavy atom. The molecule has 0 saturated heterocycles. The minimum absolute atomic E-state index is 0.255. The smallest absolute Gasteiger partial charge is 0.310 e. The van der Waals surface area contributed by atoms with E-state index in [0.29, 0.717) is 35.7 Å². The summed E-state index contributed by atoms with van der Waals surface area (Å²) in [6.45, 7) is 4.04. The lowest BCUT2D eigenvalue weighted by Crippen LogP contribution is -2.24. The van der Waals surface area contributed by atoms with Gasteiger partial charge in [0, 0.05) is 37.1 Å². The largest absolute Gasteiger partial charge is 0.427 e. The third-order valence-corrected chi connectivity index (χ3v) is 5.17. The van der Waals surface area contributed by atoms with Crippen LogP contribution in [0.15, 0.2) is 72.8 Å². The van der Waals surface area contributed by atoms with Crippen molar-refractivity contribution in [2.45, 2.75) is 39.8 Å². The maximum Gasteiger partial charge on any atom is 0.310 e. The van der Waals surface area contributed by atoms with Crippen LogP contribution in [0.5, 0.6) is 11.5 Å². The van der Waals surface area contributed by atoms with Gasteiger partial charge in [-0.3, -0.25) is 19.2 Å². The third-order valence-electron chi connectivity index (χ3n) is 5.17. The molecular formula is C28H28N2O6. The highest BCUT2D eigenvalue weighted by Gasteiger charge is 2.09. The van der Waals surface area contributed by atoms with Gasteiger partial charge >= 0.3 is 11.9 Å². The van der Waals surface area contributed by atoms with Crippen molar-refractivity contribution in [3.63, 3.8) is 0 Å². The van der Waals surface area contributed by atoms with Crippen LogP contribution in [0.4, 0.5) is 0 Å². The van der Waals surface area contributed by atoms with Crippen molar-refractivity contribution in [1.82, 2.24) is 10.6 Å². The Bertz CT molecular complexity index is 1130. The molecule has 0 heterocycles. The molecule has 0 bridgehead atoms. The first-order valence-corrected chi connectivity index (χ1v) is 11.6. The van der Waals surface area contributed by atoms with Gasteiger partial charge < -0.3 is 20.1 Å². The summed E-state index contributed by atoms with van der Waals surface area (Å²) in [4.78, 5) is 47.6. The van der Waals surface area contributed by atoms with Crippen molar-refractivity contribution in [2.24, 2.45) is 0 Å². The first-order chi connectivity index (χ1) is 17.4. The lowest BCUT2D eigenvalue weighted by atomic mass is 10.1. The maximum absolute atomic E-state index is 12.5. The van der Waals surface area contributed by atoms with Gasteiger partial charge in [0.25, 0.3) is 11.8 Å². The van der Waals surface area contributed by atoms with Gasteiger partial charge in [-0.1, -0.05) is 38.1 Å². The number of rotatable bonds is 10. The van der Waals surface area contributed by atoms with Crippen molar-refractivity contribution >= 4 is 23.8 Å². The first kappa shape index (κ1) is 26.2. The van der Waals surface area contributed by atoms with E-state index in [4.69, 9.17) is 9.47 Å². The minimum atomic E-state index is -0.337. The summed E-state index contributed by atoms with van der Waals surface area (Å²) in [7, 11) is 0. The van der Waals surface area contributed by atoms with Crippen LogP contribution in [0.25, 0.3) is 0 Å². The van der Waals surface area contributed by atoms with Gasteiger partial charge in [-0.15, -0.1) is 0 Å². The van der Waals surface area contributed by atoms with Gasteiger partial charge in [-0.25, -0.2) is 0 Å². The highest BCUT2D eigenvalue weighted by molar-refractivity contribution is 5.95. The van der Waals surface area contributed by atoms with Crippen molar-refractivity contribution in [3.05, 3.63) is 95.1 Å². The van der Waals surface area contributed by atoms with E-state index in [2.05, 4.69) is 10.6 Å². The molecule has 0 saturated carbocycles. The molecule has 0 radical (unpaired) electrons. The summed E-state index contributed by atoms with van der Waals surface area (Å²) >= 11 is 0. The van der Waals surface area contributed by atoms with Crippen LogP contribution in [0.3, 0.4) is 0 Å². The normalized spacial score (nSPS) is 10.3. The van der Waals surface area contributed by atoms with Crippen molar-refractivity contribution in [3.8, 4) is 11.5 Å². The number of ether oxygens (including phenoxy) is 2.